The molecule has 0 amide bonds. The molecule has 106 valence electrons. The third kappa shape index (κ3) is 3.79. The van der Waals surface area contributed by atoms with Gasteiger partial charge in [-0.1, -0.05) is 0 Å². The molecule has 0 aromatic carbocycles. The van der Waals surface area contributed by atoms with Crippen LogP contribution in [0.4, 0.5) is 11.6 Å². The zero-order valence-corrected chi connectivity index (χ0v) is 12.4. The minimum atomic E-state index is -1.53. The largest absolute Gasteiger partial charge is 0.566 e. The maximum absolute atomic E-state index is 11.0. The molecular weight excluding hydrogens is 271 g/mol. The van der Waals surface area contributed by atoms with E-state index in [0.29, 0.717) is 25.6 Å². The Kier molecular flexibility index (Phi) is 6.01. The van der Waals surface area contributed by atoms with Crippen molar-refractivity contribution in [1.29, 1.82) is 0 Å². The monoisotopic (exact) mass is 289 g/mol. The number of nitrogens with zero attached hydrogens (tertiary/aromatic N) is 4. The van der Waals surface area contributed by atoms with Crippen molar-refractivity contribution in [3.8, 4) is 0 Å². The summed E-state index contributed by atoms with van der Waals surface area (Å²) in [6, 6.07) is 0. The van der Waals surface area contributed by atoms with E-state index >= 15 is 0 Å². The molecule has 1 rings (SSSR count). The van der Waals surface area contributed by atoms with Gasteiger partial charge in [-0.25, -0.2) is 0 Å². The second kappa shape index (κ2) is 7.28. The molecule has 0 saturated carbocycles. The Morgan fingerprint density at radius 1 is 1.37 bits per heavy atom. The molecule has 0 aliphatic rings. The molecule has 0 saturated heterocycles. The van der Waals surface area contributed by atoms with Crippen LogP contribution in [-0.2, 0) is 15.6 Å². The smallest absolute Gasteiger partial charge is 0.358 e. The summed E-state index contributed by atoms with van der Waals surface area (Å²) in [5, 5.41) is 11.0. The van der Waals surface area contributed by atoms with Crippen LogP contribution in [0.15, 0.2) is 4.74 Å². The average Bonchev–Trinajstić information content (AvgIpc) is 2.66. The molecule has 0 radical (unpaired) electrons. The molecule has 0 bridgehead atoms. The first kappa shape index (κ1) is 15.7. The van der Waals surface area contributed by atoms with Crippen molar-refractivity contribution in [3.05, 3.63) is 15.9 Å². The number of aromatic nitrogens is 2. The zero-order valence-electron chi connectivity index (χ0n) is 11.5. The van der Waals surface area contributed by atoms with E-state index < -0.39 is 13.1 Å². The highest BCUT2D eigenvalue weighted by atomic mass is 31.1. The molecule has 0 fully saturated rings. The van der Waals surface area contributed by atoms with Crippen molar-refractivity contribution in [3.63, 3.8) is 0 Å². The first-order valence-electron chi connectivity index (χ1n) is 6.04. The number of aryl methyl sites for hydroxylation is 1. The Morgan fingerprint density at radius 2 is 1.95 bits per heavy atom. The van der Waals surface area contributed by atoms with Crippen molar-refractivity contribution >= 4 is 19.8 Å². The molecule has 1 heterocycles. The van der Waals surface area contributed by atoms with Gasteiger partial charge in [0.25, 0.3) is 5.82 Å². The van der Waals surface area contributed by atoms with Crippen LogP contribution in [0.25, 0.3) is 0 Å². The first-order valence-corrected chi connectivity index (χ1v) is 7.17. The molecule has 0 spiro atoms. The summed E-state index contributed by atoms with van der Waals surface area (Å²) in [4.78, 5) is 14.4. The fraction of sp³-hybridized carbons (Fsp3) is 0.700. The van der Waals surface area contributed by atoms with Gasteiger partial charge in [-0.2, -0.15) is 0 Å². The SMILES string of the molecule is CCO[P+](=Nc1c([N+](=O)[O-])nc(C)n1CC)OCC. The summed E-state index contributed by atoms with van der Waals surface area (Å²) in [5.74, 6) is 0.500. The van der Waals surface area contributed by atoms with E-state index in [4.69, 9.17) is 9.05 Å². The molecule has 0 aliphatic carbocycles. The minimum absolute atomic E-state index is 0.206. The number of nitro groups is 1. The van der Waals surface area contributed by atoms with Gasteiger partial charge in [-0.05, 0) is 30.7 Å². The summed E-state index contributed by atoms with van der Waals surface area (Å²) in [7, 11) is -1.53. The van der Waals surface area contributed by atoms with Gasteiger partial charge in [-0.15, -0.1) is 9.05 Å². The molecule has 9 heteroatoms. The molecule has 0 N–H and O–H groups in total. The van der Waals surface area contributed by atoms with Crippen molar-refractivity contribution in [1.82, 2.24) is 9.55 Å². The fourth-order valence-electron chi connectivity index (χ4n) is 1.53. The summed E-state index contributed by atoms with van der Waals surface area (Å²) in [6.07, 6.45) is 0. The summed E-state index contributed by atoms with van der Waals surface area (Å²) < 4.78 is 16.6. The van der Waals surface area contributed by atoms with E-state index in [0.717, 1.165) is 0 Å². The molecule has 19 heavy (non-hydrogen) atoms. The zero-order chi connectivity index (χ0) is 14.4. The summed E-state index contributed by atoms with van der Waals surface area (Å²) in [6.45, 7) is 8.64. The second-order valence-electron chi connectivity index (χ2n) is 3.48. The number of hydrogen-bond acceptors (Lipinski definition) is 6. The van der Waals surface area contributed by atoms with Gasteiger partial charge in [-0.3, -0.25) is 4.57 Å². The van der Waals surface area contributed by atoms with Gasteiger partial charge in [0, 0.05) is 18.2 Å². The van der Waals surface area contributed by atoms with Crippen LogP contribution >= 0.6 is 8.17 Å². The predicted octanol–water partition coefficient (Wildman–Crippen LogP) is 3.32. The lowest BCUT2D eigenvalue weighted by atomic mass is 10.6. The van der Waals surface area contributed by atoms with Gasteiger partial charge < -0.3 is 10.1 Å². The minimum Gasteiger partial charge on any atom is -0.358 e. The van der Waals surface area contributed by atoms with Gasteiger partial charge in [0.1, 0.15) is 13.2 Å². The number of rotatable bonds is 7. The normalized spacial score (nSPS) is 10.5. The predicted molar refractivity (Wildman–Crippen MR) is 71.6 cm³/mol. The summed E-state index contributed by atoms with van der Waals surface area (Å²) >= 11 is 0. The van der Waals surface area contributed by atoms with Crippen LogP contribution in [0.1, 0.15) is 26.6 Å². The third-order valence-corrected chi connectivity index (χ3v) is 3.57. The van der Waals surface area contributed by atoms with Crippen LogP contribution in [0.5, 0.6) is 0 Å². The average molecular weight is 289 g/mol. The molecule has 1 aromatic heterocycles. The van der Waals surface area contributed by atoms with Crippen LogP contribution in [0.3, 0.4) is 0 Å². The van der Waals surface area contributed by atoms with E-state index in [1.807, 2.05) is 20.8 Å². The fourth-order valence-corrected chi connectivity index (χ4v) is 2.51. The topological polar surface area (TPSA) is 91.8 Å². The lowest BCUT2D eigenvalue weighted by Gasteiger charge is -1.97. The van der Waals surface area contributed by atoms with E-state index in [1.54, 1.807) is 11.5 Å². The van der Waals surface area contributed by atoms with Crippen molar-refractivity contribution < 1.29 is 14.0 Å². The maximum atomic E-state index is 11.0. The van der Waals surface area contributed by atoms with E-state index in [1.165, 1.54) is 0 Å². The second-order valence-corrected chi connectivity index (χ2v) is 4.67. The molecule has 0 atom stereocenters. The van der Waals surface area contributed by atoms with Crippen molar-refractivity contribution in [2.75, 3.05) is 13.2 Å². The Hall–Kier alpha value is -1.37. The van der Waals surface area contributed by atoms with Crippen LogP contribution in [0, 0.1) is 17.0 Å². The molecular formula is C10H18N4O4P+. The highest BCUT2D eigenvalue weighted by Crippen LogP contribution is 2.38. The molecule has 0 unspecified atom stereocenters. The molecule has 0 aliphatic heterocycles. The Balaban J connectivity index is 3.29. The molecule has 1 aromatic rings. The van der Waals surface area contributed by atoms with E-state index in [-0.39, 0.29) is 11.6 Å². The van der Waals surface area contributed by atoms with Gasteiger partial charge in [0.15, 0.2) is 0 Å². The van der Waals surface area contributed by atoms with Crippen LogP contribution in [-0.4, -0.2) is 27.7 Å². The van der Waals surface area contributed by atoms with Crippen molar-refractivity contribution in [2.45, 2.75) is 34.2 Å². The summed E-state index contributed by atoms with van der Waals surface area (Å²) in [5.41, 5.74) is 0. The van der Waals surface area contributed by atoms with Gasteiger partial charge in [0.2, 0.25) is 5.82 Å². The highest BCUT2D eigenvalue weighted by molar-refractivity contribution is 7.36. The number of imidazole rings is 1. The Morgan fingerprint density at radius 3 is 2.37 bits per heavy atom. The van der Waals surface area contributed by atoms with Gasteiger partial charge >= 0.3 is 14.0 Å². The number of hydrogen-bond donors (Lipinski definition) is 0. The van der Waals surface area contributed by atoms with Crippen molar-refractivity contribution in [2.24, 2.45) is 4.74 Å². The Labute approximate surface area is 112 Å². The molecule has 8 nitrogen and oxygen atoms in total. The third-order valence-electron chi connectivity index (χ3n) is 2.26. The van der Waals surface area contributed by atoms with Crippen LogP contribution in [0.2, 0.25) is 0 Å². The Bertz CT molecular complexity index is 478. The lowest BCUT2D eigenvalue weighted by Crippen LogP contribution is -1.96. The maximum Gasteiger partial charge on any atom is 0.566 e. The van der Waals surface area contributed by atoms with Crippen LogP contribution < -0.4 is 0 Å². The quantitative estimate of drug-likeness (QED) is 0.436. The van der Waals surface area contributed by atoms with E-state index in [9.17, 15) is 10.1 Å². The standard InChI is InChI=1S/C10H18N4O4P/c1-5-13-8(4)11-9(14(15)16)10(13)12-19(17-6-2)18-7-3/h5-7H2,1-4H3/q+1. The first-order chi connectivity index (χ1) is 9.04. The highest BCUT2D eigenvalue weighted by Gasteiger charge is 2.30. The lowest BCUT2D eigenvalue weighted by molar-refractivity contribution is -0.388. The van der Waals surface area contributed by atoms with E-state index in [2.05, 4.69) is 9.73 Å². The van der Waals surface area contributed by atoms with Gasteiger partial charge in [0.05, 0.1) is 0 Å².